The maximum Gasteiger partial charge on any atom is 0.242 e. The molecule has 114 valence electrons. The van der Waals surface area contributed by atoms with Gasteiger partial charge in [0, 0.05) is 17.5 Å². The first-order valence-electron chi connectivity index (χ1n) is 6.86. The molecule has 2 rings (SSSR count). The summed E-state index contributed by atoms with van der Waals surface area (Å²) in [5.41, 5.74) is 0.981. The fraction of sp³-hybridized carbons (Fsp3) is 0.333. The van der Waals surface area contributed by atoms with Gasteiger partial charge in [-0.2, -0.15) is 0 Å². The van der Waals surface area contributed by atoms with Crippen molar-refractivity contribution in [3.05, 3.63) is 52.2 Å². The van der Waals surface area contributed by atoms with Crippen LogP contribution in [0.2, 0.25) is 0 Å². The summed E-state index contributed by atoms with van der Waals surface area (Å²) in [5, 5.41) is 4.81. The Hall–Kier alpha value is -1.21. The second-order valence-corrected chi connectivity index (χ2v) is 7.41. The predicted molar refractivity (Wildman–Crippen MR) is 86.9 cm³/mol. The number of hydrogen-bond donors (Lipinski definition) is 2. The van der Waals surface area contributed by atoms with Crippen molar-refractivity contribution in [1.29, 1.82) is 0 Å². The zero-order chi connectivity index (χ0) is 15.3. The minimum Gasteiger partial charge on any atom is -0.315 e. The van der Waals surface area contributed by atoms with E-state index in [4.69, 9.17) is 0 Å². The first-order chi connectivity index (χ1) is 10.1. The molecule has 0 amide bonds. The van der Waals surface area contributed by atoms with Gasteiger partial charge >= 0.3 is 0 Å². The Bertz CT molecular complexity index is 666. The molecule has 1 aromatic carbocycles. The van der Waals surface area contributed by atoms with Crippen LogP contribution in [0.1, 0.15) is 29.8 Å². The summed E-state index contributed by atoms with van der Waals surface area (Å²) >= 11 is 1.45. The first-order valence-corrected chi connectivity index (χ1v) is 9.23. The van der Waals surface area contributed by atoms with Crippen molar-refractivity contribution in [2.24, 2.45) is 0 Å². The molecule has 0 radical (unpaired) electrons. The van der Waals surface area contributed by atoms with Gasteiger partial charge in [-0.15, -0.1) is 11.3 Å². The van der Waals surface area contributed by atoms with Gasteiger partial charge in [0.2, 0.25) is 10.0 Å². The molecule has 1 aromatic heterocycles. The van der Waals surface area contributed by atoms with E-state index < -0.39 is 10.0 Å². The third-order valence-corrected chi connectivity index (χ3v) is 5.85. The van der Waals surface area contributed by atoms with Gasteiger partial charge < -0.3 is 5.32 Å². The van der Waals surface area contributed by atoms with Gasteiger partial charge in [-0.3, -0.25) is 0 Å². The van der Waals surface area contributed by atoms with E-state index in [1.807, 2.05) is 49.7 Å². The van der Waals surface area contributed by atoms with Gasteiger partial charge in [-0.1, -0.05) is 37.3 Å². The van der Waals surface area contributed by atoms with Gasteiger partial charge in [0.15, 0.2) is 0 Å². The minimum absolute atomic E-state index is 0.210. The van der Waals surface area contributed by atoms with Crippen LogP contribution >= 0.6 is 11.3 Å². The fourth-order valence-electron chi connectivity index (χ4n) is 2.18. The van der Waals surface area contributed by atoms with Crippen molar-refractivity contribution in [3.63, 3.8) is 0 Å². The molecule has 0 aliphatic rings. The van der Waals surface area contributed by atoms with Gasteiger partial charge in [0.05, 0.1) is 4.90 Å². The van der Waals surface area contributed by atoms with Crippen LogP contribution in [-0.2, 0) is 16.6 Å². The van der Waals surface area contributed by atoms with Crippen LogP contribution in [-0.4, -0.2) is 15.5 Å². The SMILES string of the molecule is CCC(NS(=O)(=O)c1ccsc1CNC)c1ccccc1. The third kappa shape index (κ3) is 3.91. The normalized spacial score (nSPS) is 13.2. The number of rotatable bonds is 7. The van der Waals surface area contributed by atoms with Crippen LogP contribution in [0.25, 0.3) is 0 Å². The van der Waals surface area contributed by atoms with Gasteiger partial charge in [-0.25, -0.2) is 13.1 Å². The first kappa shape index (κ1) is 16.2. The van der Waals surface area contributed by atoms with E-state index in [-0.39, 0.29) is 6.04 Å². The third-order valence-electron chi connectivity index (χ3n) is 3.24. The number of nitrogens with one attached hydrogen (secondary N) is 2. The molecule has 1 heterocycles. The van der Waals surface area contributed by atoms with E-state index in [9.17, 15) is 8.42 Å². The number of benzene rings is 1. The van der Waals surface area contributed by atoms with Crippen LogP contribution in [0, 0.1) is 0 Å². The largest absolute Gasteiger partial charge is 0.315 e. The molecule has 0 spiro atoms. The molecule has 4 nitrogen and oxygen atoms in total. The average molecular weight is 324 g/mol. The molecule has 0 fully saturated rings. The second kappa shape index (κ2) is 7.17. The smallest absolute Gasteiger partial charge is 0.242 e. The molecule has 2 N–H and O–H groups in total. The molecule has 0 bridgehead atoms. The number of sulfonamides is 1. The number of thiophene rings is 1. The summed E-state index contributed by atoms with van der Waals surface area (Å²) in [4.78, 5) is 1.20. The molecule has 0 aliphatic carbocycles. The average Bonchev–Trinajstić information content (AvgIpc) is 2.95. The Kier molecular flexibility index (Phi) is 5.52. The molecule has 1 atom stereocenters. The molecule has 1 unspecified atom stereocenters. The summed E-state index contributed by atoms with van der Waals surface area (Å²) in [6.45, 7) is 2.53. The molecular formula is C15H20N2O2S2. The van der Waals surface area contributed by atoms with Crippen molar-refractivity contribution in [3.8, 4) is 0 Å². The Morgan fingerprint density at radius 2 is 1.90 bits per heavy atom. The zero-order valence-corrected chi connectivity index (χ0v) is 13.8. The lowest BCUT2D eigenvalue weighted by molar-refractivity contribution is 0.549. The van der Waals surface area contributed by atoms with E-state index in [0.717, 1.165) is 10.4 Å². The Morgan fingerprint density at radius 1 is 1.19 bits per heavy atom. The lowest BCUT2D eigenvalue weighted by Crippen LogP contribution is -2.29. The van der Waals surface area contributed by atoms with Crippen LogP contribution in [0.15, 0.2) is 46.7 Å². The van der Waals surface area contributed by atoms with E-state index >= 15 is 0 Å². The van der Waals surface area contributed by atoms with Crippen LogP contribution in [0.4, 0.5) is 0 Å². The van der Waals surface area contributed by atoms with E-state index in [2.05, 4.69) is 10.0 Å². The highest BCUT2D eigenvalue weighted by Crippen LogP contribution is 2.25. The van der Waals surface area contributed by atoms with E-state index in [1.165, 1.54) is 11.3 Å². The van der Waals surface area contributed by atoms with Crippen molar-refractivity contribution in [2.75, 3.05) is 7.05 Å². The molecule has 0 saturated carbocycles. The molecule has 0 aliphatic heterocycles. The highest BCUT2D eigenvalue weighted by Gasteiger charge is 2.23. The highest BCUT2D eigenvalue weighted by molar-refractivity contribution is 7.89. The van der Waals surface area contributed by atoms with E-state index in [1.54, 1.807) is 6.07 Å². The van der Waals surface area contributed by atoms with Crippen molar-refractivity contribution < 1.29 is 8.42 Å². The zero-order valence-electron chi connectivity index (χ0n) is 12.2. The summed E-state index contributed by atoms with van der Waals surface area (Å²) in [5.74, 6) is 0. The fourth-order valence-corrected chi connectivity index (χ4v) is 4.94. The van der Waals surface area contributed by atoms with Crippen molar-refractivity contribution >= 4 is 21.4 Å². The summed E-state index contributed by atoms with van der Waals surface area (Å²) in [7, 11) is -1.70. The van der Waals surface area contributed by atoms with Gasteiger partial charge in [0.25, 0.3) is 0 Å². The molecule has 21 heavy (non-hydrogen) atoms. The molecule has 6 heteroatoms. The minimum atomic E-state index is -3.51. The Morgan fingerprint density at radius 3 is 2.52 bits per heavy atom. The number of hydrogen-bond acceptors (Lipinski definition) is 4. The lowest BCUT2D eigenvalue weighted by atomic mass is 10.1. The van der Waals surface area contributed by atoms with Crippen molar-refractivity contribution in [2.45, 2.75) is 30.8 Å². The van der Waals surface area contributed by atoms with Crippen molar-refractivity contribution in [1.82, 2.24) is 10.0 Å². The summed E-state index contributed by atoms with van der Waals surface area (Å²) < 4.78 is 28.0. The predicted octanol–water partition coefficient (Wildman–Crippen LogP) is 2.90. The lowest BCUT2D eigenvalue weighted by Gasteiger charge is -2.17. The second-order valence-electron chi connectivity index (χ2n) is 4.73. The Labute approximate surface area is 130 Å². The van der Waals surface area contributed by atoms with E-state index in [0.29, 0.717) is 17.9 Å². The monoisotopic (exact) mass is 324 g/mol. The quantitative estimate of drug-likeness (QED) is 0.823. The molecular weight excluding hydrogens is 304 g/mol. The summed E-state index contributed by atoms with van der Waals surface area (Å²) in [6, 6.07) is 11.1. The molecule has 2 aromatic rings. The van der Waals surface area contributed by atoms with Crippen LogP contribution in [0.3, 0.4) is 0 Å². The Balaban J connectivity index is 2.25. The topological polar surface area (TPSA) is 58.2 Å². The maximum absolute atomic E-state index is 12.6. The van der Waals surface area contributed by atoms with Gasteiger partial charge in [-0.05, 0) is 30.5 Å². The highest BCUT2D eigenvalue weighted by atomic mass is 32.2. The van der Waals surface area contributed by atoms with Gasteiger partial charge in [0.1, 0.15) is 0 Å². The van der Waals surface area contributed by atoms with Crippen LogP contribution in [0.5, 0.6) is 0 Å². The molecule has 0 saturated heterocycles. The van der Waals surface area contributed by atoms with Crippen LogP contribution < -0.4 is 10.0 Å². The summed E-state index contributed by atoms with van der Waals surface area (Å²) in [6.07, 6.45) is 0.703. The standard InChI is InChI=1S/C15H20N2O2S2/c1-3-13(12-7-5-4-6-8-12)17-21(18,19)15-9-10-20-14(15)11-16-2/h4-10,13,16-17H,3,11H2,1-2H3. The maximum atomic E-state index is 12.6.